The molecule has 1 aliphatic rings. The Labute approximate surface area is 108 Å². The summed E-state index contributed by atoms with van der Waals surface area (Å²) in [5.41, 5.74) is 1.22. The largest absolute Gasteiger partial charge is 0.490 e. The molecule has 2 rings (SSSR count). The Bertz CT molecular complexity index is 381. The molecule has 0 radical (unpaired) electrons. The maximum Gasteiger partial charge on any atom is 0.161 e. The van der Waals surface area contributed by atoms with Crippen molar-refractivity contribution in [2.24, 2.45) is 0 Å². The zero-order chi connectivity index (χ0) is 12.8. The van der Waals surface area contributed by atoms with E-state index in [4.69, 9.17) is 14.6 Å². The van der Waals surface area contributed by atoms with Gasteiger partial charge >= 0.3 is 0 Å². The summed E-state index contributed by atoms with van der Waals surface area (Å²) in [5, 5.41) is 12.2. The molecule has 1 unspecified atom stereocenters. The van der Waals surface area contributed by atoms with E-state index in [9.17, 15) is 0 Å². The molecule has 18 heavy (non-hydrogen) atoms. The van der Waals surface area contributed by atoms with Gasteiger partial charge in [-0.3, -0.25) is 0 Å². The first-order valence-corrected chi connectivity index (χ1v) is 6.52. The molecular weight excluding hydrogens is 230 g/mol. The summed E-state index contributed by atoms with van der Waals surface area (Å²) in [6, 6.07) is 6.24. The van der Waals surface area contributed by atoms with Gasteiger partial charge in [0, 0.05) is 12.5 Å². The lowest BCUT2D eigenvalue weighted by Crippen LogP contribution is -2.30. The van der Waals surface area contributed by atoms with Gasteiger partial charge in [-0.1, -0.05) is 6.07 Å². The first-order chi connectivity index (χ1) is 8.79. The molecule has 0 bridgehead atoms. The van der Waals surface area contributed by atoms with E-state index in [1.165, 1.54) is 5.56 Å². The van der Waals surface area contributed by atoms with E-state index in [1.54, 1.807) is 0 Å². The minimum absolute atomic E-state index is 0.144. The Kier molecular flexibility index (Phi) is 4.84. The lowest BCUT2D eigenvalue weighted by Gasteiger charge is -2.12. The summed E-state index contributed by atoms with van der Waals surface area (Å²) in [7, 11) is 0. The SMILES string of the molecule is CC(CO)NCCc1ccc2c(c1)OCCCO2. The maximum atomic E-state index is 8.92. The smallest absolute Gasteiger partial charge is 0.161 e. The molecule has 1 heterocycles. The molecule has 0 amide bonds. The highest BCUT2D eigenvalue weighted by Crippen LogP contribution is 2.30. The van der Waals surface area contributed by atoms with Crippen LogP contribution in [0.4, 0.5) is 0 Å². The first-order valence-electron chi connectivity index (χ1n) is 6.52. The zero-order valence-corrected chi connectivity index (χ0v) is 10.8. The van der Waals surface area contributed by atoms with Gasteiger partial charge in [-0.2, -0.15) is 0 Å². The third-order valence-electron chi connectivity index (χ3n) is 2.99. The van der Waals surface area contributed by atoms with E-state index in [2.05, 4.69) is 11.4 Å². The number of hydrogen-bond donors (Lipinski definition) is 2. The second-order valence-corrected chi connectivity index (χ2v) is 4.62. The molecule has 0 saturated carbocycles. The fourth-order valence-electron chi connectivity index (χ4n) is 1.89. The van der Waals surface area contributed by atoms with Crippen LogP contribution in [-0.2, 0) is 6.42 Å². The van der Waals surface area contributed by atoms with Crippen molar-refractivity contribution in [2.45, 2.75) is 25.8 Å². The van der Waals surface area contributed by atoms with E-state index in [0.29, 0.717) is 0 Å². The molecule has 1 aromatic carbocycles. The van der Waals surface area contributed by atoms with E-state index in [-0.39, 0.29) is 12.6 Å². The van der Waals surface area contributed by atoms with Crippen LogP contribution in [0, 0.1) is 0 Å². The van der Waals surface area contributed by atoms with Gasteiger partial charge in [0.1, 0.15) is 0 Å². The van der Waals surface area contributed by atoms with Gasteiger partial charge in [0.2, 0.25) is 0 Å². The summed E-state index contributed by atoms with van der Waals surface area (Å²) >= 11 is 0. The Morgan fingerprint density at radius 1 is 1.28 bits per heavy atom. The van der Waals surface area contributed by atoms with Crippen molar-refractivity contribution in [1.82, 2.24) is 5.32 Å². The number of aliphatic hydroxyl groups excluding tert-OH is 1. The molecule has 100 valence electrons. The lowest BCUT2D eigenvalue weighted by molar-refractivity contribution is 0.252. The Morgan fingerprint density at radius 2 is 2.06 bits per heavy atom. The highest BCUT2D eigenvalue weighted by atomic mass is 16.5. The van der Waals surface area contributed by atoms with E-state index < -0.39 is 0 Å². The van der Waals surface area contributed by atoms with Gasteiger partial charge in [-0.15, -0.1) is 0 Å². The molecule has 1 aromatic rings. The molecule has 0 fully saturated rings. The second-order valence-electron chi connectivity index (χ2n) is 4.62. The number of fused-ring (bicyclic) bond motifs is 1. The minimum atomic E-state index is 0.144. The van der Waals surface area contributed by atoms with Crippen LogP contribution in [0.1, 0.15) is 18.9 Å². The van der Waals surface area contributed by atoms with Gasteiger partial charge in [-0.05, 0) is 37.6 Å². The number of nitrogens with one attached hydrogen (secondary N) is 1. The van der Waals surface area contributed by atoms with Crippen molar-refractivity contribution in [3.8, 4) is 11.5 Å². The van der Waals surface area contributed by atoms with Crippen molar-refractivity contribution in [1.29, 1.82) is 0 Å². The quantitative estimate of drug-likeness (QED) is 0.829. The predicted molar refractivity (Wildman–Crippen MR) is 70.3 cm³/mol. The van der Waals surface area contributed by atoms with Gasteiger partial charge in [0.05, 0.1) is 19.8 Å². The molecule has 1 atom stereocenters. The van der Waals surface area contributed by atoms with E-state index in [1.807, 2.05) is 19.1 Å². The van der Waals surface area contributed by atoms with Crippen molar-refractivity contribution >= 4 is 0 Å². The van der Waals surface area contributed by atoms with Gasteiger partial charge in [-0.25, -0.2) is 0 Å². The fraction of sp³-hybridized carbons (Fsp3) is 0.571. The minimum Gasteiger partial charge on any atom is -0.490 e. The first kappa shape index (κ1) is 13.2. The summed E-state index contributed by atoms with van der Waals surface area (Å²) in [6.07, 6.45) is 1.85. The van der Waals surface area contributed by atoms with E-state index >= 15 is 0 Å². The molecule has 0 spiro atoms. The number of hydrogen-bond acceptors (Lipinski definition) is 4. The summed E-state index contributed by atoms with van der Waals surface area (Å²) in [4.78, 5) is 0. The molecule has 4 heteroatoms. The van der Waals surface area contributed by atoms with Crippen molar-refractivity contribution in [2.75, 3.05) is 26.4 Å². The average molecular weight is 251 g/mol. The third-order valence-corrected chi connectivity index (χ3v) is 2.99. The van der Waals surface area contributed by atoms with Gasteiger partial charge < -0.3 is 19.9 Å². The third kappa shape index (κ3) is 3.62. The number of ether oxygens (including phenoxy) is 2. The summed E-state index contributed by atoms with van der Waals surface area (Å²) < 4.78 is 11.2. The average Bonchev–Trinajstić information content (AvgIpc) is 2.63. The Hall–Kier alpha value is -1.26. The molecule has 0 aliphatic carbocycles. The summed E-state index contributed by atoms with van der Waals surface area (Å²) in [5.74, 6) is 1.69. The summed E-state index contributed by atoms with van der Waals surface area (Å²) in [6.45, 7) is 4.43. The van der Waals surface area contributed by atoms with Crippen LogP contribution in [-0.4, -0.2) is 37.5 Å². The standard InChI is InChI=1S/C14H21NO3/c1-11(10-16)15-6-5-12-3-4-13-14(9-12)18-8-2-7-17-13/h3-4,9,11,15-16H,2,5-8,10H2,1H3. The monoisotopic (exact) mass is 251 g/mol. The fourth-order valence-corrected chi connectivity index (χ4v) is 1.89. The molecule has 1 aliphatic heterocycles. The predicted octanol–water partition coefficient (Wildman–Crippen LogP) is 1.36. The van der Waals surface area contributed by atoms with Crippen LogP contribution < -0.4 is 14.8 Å². The van der Waals surface area contributed by atoms with Crippen LogP contribution in [0.2, 0.25) is 0 Å². The van der Waals surface area contributed by atoms with Crippen molar-refractivity contribution < 1.29 is 14.6 Å². The van der Waals surface area contributed by atoms with Crippen LogP contribution in [0.25, 0.3) is 0 Å². The molecule has 2 N–H and O–H groups in total. The Morgan fingerprint density at radius 3 is 2.83 bits per heavy atom. The Balaban J connectivity index is 1.91. The highest BCUT2D eigenvalue weighted by molar-refractivity contribution is 5.43. The van der Waals surface area contributed by atoms with Crippen LogP contribution >= 0.6 is 0 Å². The second kappa shape index (κ2) is 6.61. The van der Waals surface area contributed by atoms with Crippen molar-refractivity contribution in [3.05, 3.63) is 23.8 Å². The highest BCUT2D eigenvalue weighted by Gasteiger charge is 2.10. The van der Waals surface area contributed by atoms with Crippen LogP contribution in [0.5, 0.6) is 11.5 Å². The lowest BCUT2D eigenvalue weighted by atomic mass is 10.1. The maximum absolute atomic E-state index is 8.92. The molecule has 0 aromatic heterocycles. The molecular formula is C14H21NO3. The zero-order valence-electron chi connectivity index (χ0n) is 10.8. The van der Waals surface area contributed by atoms with E-state index in [0.717, 1.165) is 44.1 Å². The van der Waals surface area contributed by atoms with Crippen molar-refractivity contribution in [3.63, 3.8) is 0 Å². The van der Waals surface area contributed by atoms with Crippen LogP contribution in [0.15, 0.2) is 18.2 Å². The number of benzene rings is 1. The normalized spacial score (nSPS) is 16.1. The topological polar surface area (TPSA) is 50.7 Å². The van der Waals surface area contributed by atoms with Gasteiger partial charge in [0.25, 0.3) is 0 Å². The number of rotatable bonds is 5. The number of aliphatic hydroxyl groups is 1. The molecule has 4 nitrogen and oxygen atoms in total. The van der Waals surface area contributed by atoms with Gasteiger partial charge in [0.15, 0.2) is 11.5 Å². The molecule has 0 saturated heterocycles. The van der Waals surface area contributed by atoms with Crippen LogP contribution in [0.3, 0.4) is 0 Å².